The number of benzene rings is 3. The largest absolute Gasteiger partial charge is 0.481 e. The van der Waals surface area contributed by atoms with E-state index in [0.29, 0.717) is 24.1 Å². The summed E-state index contributed by atoms with van der Waals surface area (Å²) in [5, 5.41) is 29.4. The van der Waals surface area contributed by atoms with Crippen molar-refractivity contribution in [2.45, 2.75) is 37.8 Å². The highest BCUT2D eigenvalue weighted by molar-refractivity contribution is 5.85. The fourth-order valence-electron chi connectivity index (χ4n) is 4.86. The van der Waals surface area contributed by atoms with Crippen LogP contribution in [0, 0.1) is 23.1 Å². The summed E-state index contributed by atoms with van der Waals surface area (Å²) in [6.45, 7) is 0.344. The maximum Gasteiger partial charge on any atom is 0.304 e. The number of carboxylic acid groups (broad SMARTS) is 1. The summed E-state index contributed by atoms with van der Waals surface area (Å²) >= 11 is 0. The van der Waals surface area contributed by atoms with Crippen molar-refractivity contribution in [1.29, 1.82) is 5.26 Å². The number of aryl methyl sites for hydroxylation is 1. The molecule has 184 valence electrons. The van der Waals surface area contributed by atoms with E-state index in [0.717, 1.165) is 17.5 Å². The molecule has 1 unspecified atom stereocenters. The molecule has 6 nitrogen and oxygen atoms in total. The van der Waals surface area contributed by atoms with Gasteiger partial charge < -0.3 is 15.1 Å². The van der Waals surface area contributed by atoms with Crippen molar-refractivity contribution in [2.24, 2.45) is 5.92 Å². The van der Waals surface area contributed by atoms with Crippen LogP contribution in [0.3, 0.4) is 0 Å². The summed E-state index contributed by atoms with van der Waals surface area (Å²) < 4.78 is 15.2. The minimum atomic E-state index is -1.29. The third kappa shape index (κ3) is 5.61. The molecule has 1 aliphatic heterocycles. The SMILES string of the molecule is N#Cc1ccc(-c2ccc(C(O)[C@@H]3C[C@@H](CC(=O)O)C(=O)N3CCCc3ccccc3)c(F)c2)cc1. The molecular weight excluding hydrogens is 459 g/mol. The van der Waals surface area contributed by atoms with E-state index >= 15 is 4.39 Å². The van der Waals surface area contributed by atoms with Gasteiger partial charge in [-0.15, -0.1) is 0 Å². The number of likely N-dealkylation sites (tertiary alicyclic amines) is 1. The Hall–Kier alpha value is -4.02. The Balaban J connectivity index is 1.53. The minimum absolute atomic E-state index is 0.0641. The Labute approximate surface area is 209 Å². The highest BCUT2D eigenvalue weighted by Crippen LogP contribution is 2.37. The van der Waals surface area contributed by atoms with Gasteiger partial charge in [0, 0.05) is 12.1 Å². The number of halogens is 1. The van der Waals surface area contributed by atoms with Crippen molar-refractivity contribution < 1.29 is 24.2 Å². The number of nitrogens with zero attached hydrogens (tertiary/aromatic N) is 2. The lowest BCUT2D eigenvalue weighted by Crippen LogP contribution is -2.38. The van der Waals surface area contributed by atoms with Crippen molar-refractivity contribution in [1.82, 2.24) is 4.90 Å². The molecule has 1 aliphatic rings. The summed E-state index contributed by atoms with van der Waals surface area (Å²) in [6, 6.07) is 22.4. The highest BCUT2D eigenvalue weighted by Gasteiger charge is 2.44. The molecule has 0 aliphatic carbocycles. The summed E-state index contributed by atoms with van der Waals surface area (Å²) in [5.74, 6) is -2.75. The quantitative estimate of drug-likeness (QED) is 0.456. The zero-order valence-corrected chi connectivity index (χ0v) is 19.7. The molecule has 3 aromatic carbocycles. The predicted octanol–water partition coefficient (Wildman–Crippen LogP) is 4.72. The van der Waals surface area contributed by atoms with Crippen LogP contribution in [0.25, 0.3) is 11.1 Å². The summed E-state index contributed by atoms with van der Waals surface area (Å²) in [4.78, 5) is 25.9. The Morgan fingerprint density at radius 3 is 2.42 bits per heavy atom. The van der Waals surface area contributed by atoms with E-state index in [2.05, 4.69) is 0 Å². The van der Waals surface area contributed by atoms with E-state index in [-0.39, 0.29) is 24.3 Å². The van der Waals surface area contributed by atoms with Gasteiger partial charge in [-0.1, -0.05) is 54.6 Å². The smallest absolute Gasteiger partial charge is 0.304 e. The topological polar surface area (TPSA) is 102 Å². The van der Waals surface area contributed by atoms with Crippen LogP contribution in [0.4, 0.5) is 4.39 Å². The average molecular weight is 487 g/mol. The summed E-state index contributed by atoms with van der Waals surface area (Å²) in [5.41, 5.74) is 3.01. The lowest BCUT2D eigenvalue weighted by Gasteiger charge is -2.29. The highest BCUT2D eigenvalue weighted by atomic mass is 19.1. The van der Waals surface area contributed by atoms with Crippen molar-refractivity contribution in [3.05, 3.63) is 95.3 Å². The third-order valence-electron chi connectivity index (χ3n) is 6.72. The zero-order valence-electron chi connectivity index (χ0n) is 19.7. The number of carboxylic acids is 1. The first-order valence-electron chi connectivity index (χ1n) is 11.9. The molecule has 3 atom stereocenters. The van der Waals surface area contributed by atoms with Crippen LogP contribution in [0.5, 0.6) is 0 Å². The molecule has 1 fully saturated rings. The molecule has 3 aromatic rings. The van der Waals surface area contributed by atoms with Gasteiger partial charge in [0.2, 0.25) is 5.91 Å². The van der Waals surface area contributed by atoms with E-state index in [1.165, 1.54) is 17.0 Å². The summed E-state index contributed by atoms with van der Waals surface area (Å²) in [6.07, 6.45) is -0.102. The van der Waals surface area contributed by atoms with Crippen LogP contribution in [-0.4, -0.2) is 39.6 Å². The Bertz CT molecular complexity index is 1270. The van der Waals surface area contributed by atoms with Crippen LogP contribution in [-0.2, 0) is 16.0 Å². The molecule has 1 heterocycles. The molecular formula is C29H27FN2O4. The molecule has 1 saturated heterocycles. The first-order chi connectivity index (χ1) is 17.4. The molecule has 0 aromatic heterocycles. The molecule has 0 bridgehead atoms. The second-order valence-electron chi connectivity index (χ2n) is 9.09. The standard InChI is InChI=1S/C29H27FN2O4/c30-25-15-22(21-10-8-20(18-31)9-11-21)12-13-24(25)28(35)26-16-23(17-27(33)34)29(36)32(26)14-4-7-19-5-2-1-3-6-19/h1-3,5-6,8-13,15,23,26,28,35H,4,7,14,16-17H2,(H,33,34)/t23-,26-,28?/m0/s1. The maximum atomic E-state index is 15.2. The van der Waals surface area contributed by atoms with Crippen LogP contribution in [0.2, 0.25) is 0 Å². The Kier molecular flexibility index (Phi) is 7.77. The predicted molar refractivity (Wildman–Crippen MR) is 132 cm³/mol. The normalized spacial score (nSPS) is 18.1. The van der Waals surface area contributed by atoms with Gasteiger partial charge in [-0.3, -0.25) is 9.59 Å². The molecule has 7 heteroatoms. The Morgan fingerprint density at radius 2 is 1.78 bits per heavy atom. The number of carbonyl (C=O) groups is 2. The maximum absolute atomic E-state index is 15.2. The molecule has 2 N–H and O–H groups in total. The molecule has 0 radical (unpaired) electrons. The van der Waals surface area contributed by atoms with Crippen LogP contribution in [0.15, 0.2) is 72.8 Å². The van der Waals surface area contributed by atoms with E-state index in [1.54, 1.807) is 30.3 Å². The van der Waals surface area contributed by atoms with E-state index in [4.69, 9.17) is 5.26 Å². The van der Waals surface area contributed by atoms with Gasteiger partial charge in [0.15, 0.2) is 0 Å². The molecule has 0 spiro atoms. The minimum Gasteiger partial charge on any atom is -0.481 e. The number of hydrogen-bond acceptors (Lipinski definition) is 4. The van der Waals surface area contributed by atoms with E-state index in [1.807, 2.05) is 36.4 Å². The number of aliphatic hydroxyl groups excluding tert-OH is 1. The van der Waals surface area contributed by atoms with E-state index in [9.17, 15) is 19.8 Å². The Morgan fingerprint density at radius 1 is 1.08 bits per heavy atom. The number of aliphatic hydroxyl groups is 1. The molecule has 0 saturated carbocycles. The van der Waals surface area contributed by atoms with Crippen molar-refractivity contribution >= 4 is 11.9 Å². The van der Waals surface area contributed by atoms with Gasteiger partial charge in [0.25, 0.3) is 0 Å². The van der Waals surface area contributed by atoms with Gasteiger partial charge in [-0.25, -0.2) is 4.39 Å². The first kappa shape index (κ1) is 25.1. The number of hydrogen-bond donors (Lipinski definition) is 2. The average Bonchev–Trinajstić information content (AvgIpc) is 3.18. The van der Waals surface area contributed by atoms with Gasteiger partial charge in [-0.2, -0.15) is 5.26 Å². The van der Waals surface area contributed by atoms with Crippen LogP contribution in [0.1, 0.15) is 42.1 Å². The first-order valence-corrected chi connectivity index (χ1v) is 11.9. The molecule has 1 amide bonds. The second kappa shape index (κ2) is 11.1. The number of carbonyl (C=O) groups excluding carboxylic acids is 1. The monoisotopic (exact) mass is 486 g/mol. The zero-order chi connectivity index (χ0) is 25.7. The lowest BCUT2D eigenvalue weighted by atomic mass is 9.93. The lowest BCUT2D eigenvalue weighted by molar-refractivity contribution is -0.142. The van der Waals surface area contributed by atoms with Gasteiger partial charge in [-0.05, 0) is 54.2 Å². The number of nitriles is 1. The fourth-order valence-corrected chi connectivity index (χ4v) is 4.86. The number of rotatable bonds is 9. The number of aliphatic carboxylic acids is 1. The van der Waals surface area contributed by atoms with Gasteiger partial charge in [0.05, 0.1) is 30.0 Å². The molecule has 4 rings (SSSR count). The molecule has 36 heavy (non-hydrogen) atoms. The summed E-state index contributed by atoms with van der Waals surface area (Å²) in [7, 11) is 0. The van der Waals surface area contributed by atoms with Crippen molar-refractivity contribution in [3.63, 3.8) is 0 Å². The third-order valence-corrected chi connectivity index (χ3v) is 6.72. The number of amides is 1. The van der Waals surface area contributed by atoms with Gasteiger partial charge in [0.1, 0.15) is 11.9 Å². The van der Waals surface area contributed by atoms with Crippen LogP contribution < -0.4 is 0 Å². The second-order valence-corrected chi connectivity index (χ2v) is 9.09. The van der Waals surface area contributed by atoms with Crippen LogP contribution >= 0.6 is 0 Å². The fraction of sp³-hybridized carbons (Fsp3) is 0.276. The van der Waals surface area contributed by atoms with Crippen molar-refractivity contribution in [3.8, 4) is 17.2 Å². The van der Waals surface area contributed by atoms with E-state index < -0.39 is 29.9 Å². The van der Waals surface area contributed by atoms with Gasteiger partial charge >= 0.3 is 5.97 Å². The van der Waals surface area contributed by atoms with Crippen molar-refractivity contribution in [2.75, 3.05) is 6.54 Å².